The highest BCUT2D eigenvalue weighted by molar-refractivity contribution is 6.18. The summed E-state index contributed by atoms with van der Waals surface area (Å²) >= 11 is 0. The van der Waals surface area contributed by atoms with Crippen LogP contribution >= 0.6 is 0 Å². The first-order valence-corrected chi connectivity index (χ1v) is 21.8. The largest absolute Gasteiger partial charge is 0.240 e. The third-order valence-corrected chi connectivity index (χ3v) is 10.7. The molecule has 0 N–H and O–H groups in total. The fourth-order valence-corrected chi connectivity index (χ4v) is 7.51. The van der Waals surface area contributed by atoms with Gasteiger partial charge < -0.3 is 0 Å². The molecule has 1 aliphatic rings. The van der Waals surface area contributed by atoms with E-state index in [1.807, 2.05) is 12.4 Å². The van der Waals surface area contributed by atoms with E-state index in [2.05, 4.69) is 23.8 Å². The van der Waals surface area contributed by atoms with E-state index < -0.39 is 0 Å². The average Bonchev–Trinajstić information content (AvgIpc) is 3.59. The van der Waals surface area contributed by atoms with E-state index in [9.17, 15) is 0 Å². The molecule has 2 nitrogen and oxygen atoms in total. The zero-order valence-electron chi connectivity index (χ0n) is 32.0. The molecule has 0 aromatic carbocycles. The Labute approximate surface area is 291 Å². The van der Waals surface area contributed by atoms with E-state index >= 15 is 0 Å². The standard InChI is InChI=1S/C44H85N2/c1-3-5-7-9-11-13-15-17-19-21-23-25-27-29-31-33-37-43(39-35-36-40-44-45-41-42-46-44)38-34-32-30-28-26-24-22-20-18-16-14-12-10-8-6-4-2/h41-43H,3-40H2,1-2H3/q+1. The molecule has 0 fully saturated rings. The minimum Gasteiger partial charge on any atom is -0.0968 e. The van der Waals surface area contributed by atoms with Crippen LogP contribution in [0.25, 0.3) is 0 Å². The Balaban J connectivity index is 1.99. The lowest BCUT2D eigenvalue weighted by Gasteiger charge is -2.17. The van der Waals surface area contributed by atoms with Crippen molar-refractivity contribution in [3.8, 4) is 0 Å². The quantitative estimate of drug-likeness (QED) is 0.0471. The van der Waals surface area contributed by atoms with Crippen molar-refractivity contribution in [3.63, 3.8) is 0 Å². The molecule has 0 radical (unpaired) electrons. The van der Waals surface area contributed by atoms with Gasteiger partial charge in [-0.3, -0.25) is 0 Å². The summed E-state index contributed by atoms with van der Waals surface area (Å²) in [5.74, 6) is 0.957. The Hall–Kier alpha value is -0.790. The van der Waals surface area contributed by atoms with Gasteiger partial charge in [0.1, 0.15) is 0 Å². The molecule has 0 bridgehead atoms. The predicted molar refractivity (Wildman–Crippen MR) is 211 cm³/mol. The van der Waals surface area contributed by atoms with Crippen molar-refractivity contribution in [2.24, 2.45) is 15.9 Å². The zero-order chi connectivity index (χ0) is 32.9. The van der Waals surface area contributed by atoms with Crippen molar-refractivity contribution in [2.45, 2.75) is 258 Å². The zero-order valence-corrected chi connectivity index (χ0v) is 32.0. The maximum Gasteiger partial charge on any atom is 0.240 e. The molecule has 270 valence electrons. The van der Waals surface area contributed by atoms with Crippen molar-refractivity contribution in [1.29, 1.82) is 0 Å². The van der Waals surface area contributed by atoms with Crippen LogP contribution in [0.2, 0.25) is 0 Å². The minimum absolute atomic E-state index is 0.957. The molecule has 46 heavy (non-hydrogen) atoms. The van der Waals surface area contributed by atoms with Crippen LogP contribution in [-0.4, -0.2) is 12.4 Å². The fourth-order valence-electron chi connectivity index (χ4n) is 7.51. The van der Waals surface area contributed by atoms with Crippen molar-refractivity contribution in [3.05, 3.63) is 6.17 Å². The number of nitrogens with zero attached hydrogens (tertiary/aromatic N) is 2. The van der Waals surface area contributed by atoms with Gasteiger partial charge in [-0.1, -0.05) is 255 Å². The minimum atomic E-state index is 0.957. The lowest BCUT2D eigenvalue weighted by Crippen LogP contribution is -2.02. The van der Waals surface area contributed by atoms with Crippen molar-refractivity contribution in [1.82, 2.24) is 0 Å². The summed E-state index contributed by atoms with van der Waals surface area (Å²) in [6.45, 7) is 4.62. The molecule has 2 heteroatoms. The van der Waals surface area contributed by atoms with Gasteiger partial charge >= 0.3 is 0 Å². The van der Waals surface area contributed by atoms with Crippen molar-refractivity contribution < 1.29 is 0 Å². The average molecular weight is 642 g/mol. The normalized spacial score (nSPS) is 12.8. The highest BCUT2D eigenvalue weighted by Crippen LogP contribution is 2.26. The first kappa shape index (κ1) is 43.2. The van der Waals surface area contributed by atoms with Crippen molar-refractivity contribution >= 4 is 12.4 Å². The summed E-state index contributed by atoms with van der Waals surface area (Å²) < 4.78 is 0. The molecule has 0 atom stereocenters. The number of hydrogen-bond acceptors (Lipinski definition) is 2. The third kappa shape index (κ3) is 31.8. The van der Waals surface area contributed by atoms with E-state index in [1.54, 1.807) is 0 Å². The number of aliphatic imine (C=N–C) groups is 2. The molecule has 1 aliphatic heterocycles. The molecule has 0 aromatic rings. The summed E-state index contributed by atoms with van der Waals surface area (Å²) in [7, 11) is 0. The van der Waals surface area contributed by atoms with Gasteiger partial charge in [-0.2, -0.15) is 0 Å². The van der Waals surface area contributed by atoms with E-state index in [4.69, 9.17) is 0 Å². The lowest BCUT2D eigenvalue weighted by atomic mass is 9.89. The predicted octanol–water partition coefficient (Wildman–Crippen LogP) is 16.1. The first-order chi connectivity index (χ1) is 22.9. The molecular weight excluding hydrogens is 556 g/mol. The van der Waals surface area contributed by atoms with Crippen LogP contribution in [0.1, 0.15) is 258 Å². The second-order valence-corrected chi connectivity index (χ2v) is 15.3. The maximum atomic E-state index is 4.37. The smallest absolute Gasteiger partial charge is 0.0968 e. The second-order valence-electron chi connectivity index (χ2n) is 15.3. The van der Waals surface area contributed by atoms with Crippen LogP contribution in [0.3, 0.4) is 0 Å². The highest BCUT2D eigenvalue weighted by atomic mass is 15.0. The van der Waals surface area contributed by atoms with Gasteiger partial charge in [-0.15, -0.1) is 0 Å². The van der Waals surface area contributed by atoms with Crippen LogP contribution in [0.15, 0.2) is 9.98 Å². The van der Waals surface area contributed by atoms with Gasteiger partial charge in [0, 0.05) is 0 Å². The maximum absolute atomic E-state index is 4.37. The van der Waals surface area contributed by atoms with Crippen LogP contribution in [-0.2, 0) is 0 Å². The van der Waals surface area contributed by atoms with Crippen LogP contribution in [0, 0.1) is 12.1 Å². The van der Waals surface area contributed by atoms with Gasteiger partial charge in [0.05, 0.1) is 6.42 Å². The Morgan fingerprint density at radius 1 is 0.326 bits per heavy atom. The molecule has 0 saturated carbocycles. The third-order valence-electron chi connectivity index (χ3n) is 10.7. The van der Waals surface area contributed by atoms with Gasteiger partial charge in [-0.25, -0.2) is 0 Å². The summed E-state index contributed by atoms with van der Waals surface area (Å²) in [4.78, 5) is 8.74. The van der Waals surface area contributed by atoms with Gasteiger partial charge in [0.15, 0.2) is 12.4 Å². The molecule has 0 amide bonds. The Morgan fingerprint density at radius 2 is 0.565 bits per heavy atom. The fraction of sp³-hybridized carbons (Fsp3) is 0.932. The lowest BCUT2D eigenvalue weighted by molar-refractivity contribution is 0.366. The SMILES string of the molecule is CCCCCCCCCCCCCCCCCCC(CCCCCCCCCCCCCCCCCC)CCCC[C+]1N=CC=N1. The summed E-state index contributed by atoms with van der Waals surface area (Å²) in [5, 5.41) is 0. The monoisotopic (exact) mass is 642 g/mol. The van der Waals surface area contributed by atoms with Gasteiger partial charge in [0.25, 0.3) is 0 Å². The van der Waals surface area contributed by atoms with E-state index in [1.165, 1.54) is 238 Å². The summed E-state index contributed by atoms with van der Waals surface area (Å²) in [6.07, 6.45) is 59.7. The van der Waals surface area contributed by atoms with Crippen molar-refractivity contribution in [2.75, 3.05) is 0 Å². The number of unbranched alkanes of at least 4 members (excludes halogenated alkanes) is 31. The Morgan fingerprint density at radius 3 is 0.848 bits per heavy atom. The molecule has 0 aromatic heterocycles. The van der Waals surface area contributed by atoms with Crippen LogP contribution in [0.5, 0.6) is 0 Å². The van der Waals surface area contributed by atoms with E-state index in [0.29, 0.717) is 0 Å². The molecule has 1 rings (SSSR count). The number of hydrogen-bond donors (Lipinski definition) is 0. The summed E-state index contributed by atoms with van der Waals surface area (Å²) in [6, 6.07) is 0. The molecule has 0 spiro atoms. The van der Waals surface area contributed by atoms with E-state index in [0.717, 1.165) is 18.5 Å². The topological polar surface area (TPSA) is 24.7 Å². The second kappa shape index (κ2) is 37.0. The molecule has 0 aliphatic carbocycles. The molecule has 1 heterocycles. The van der Waals surface area contributed by atoms with E-state index in [-0.39, 0.29) is 0 Å². The molecule has 0 unspecified atom stereocenters. The molecular formula is C44H85N2+. The van der Waals surface area contributed by atoms with Crippen LogP contribution < -0.4 is 0 Å². The summed E-state index contributed by atoms with van der Waals surface area (Å²) in [5.41, 5.74) is 0. The number of rotatable bonds is 39. The Kier molecular flexibility index (Phi) is 34.8. The van der Waals surface area contributed by atoms with Gasteiger partial charge in [-0.05, 0) is 12.3 Å². The van der Waals surface area contributed by atoms with Gasteiger partial charge in [0.2, 0.25) is 6.17 Å². The van der Waals surface area contributed by atoms with Crippen LogP contribution in [0.4, 0.5) is 0 Å². The first-order valence-electron chi connectivity index (χ1n) is 21.8. The molecule has 0 saturated heterocycles. The highest BCUT2D eigenvalue weighted by Gasteiger charge is 2.16. The Bertz CT molecular complexity index is 577.